The van der Waals surface area contributed by atoms with Gasteiger partial charge in [0.05, 0.1) is 6.54 Å². The van der Waals surface area contributed by atoms with Crippen LogP contribution in [-0.2, 0) is 11.3 Å². The van der Waals surface area contributed by atoms with E-state index in [1.165, 1.54) is 0 Å². The molecule has 124 valence electrons. The number of benzene rings is 2. The fourth-order valence-corrected chi connectivity index (χ4v) is 2.97. The monoisotopic (exact) mass is 321 g/mol. The third-order valence-corrected chi connectivity index (χ3v) is 4.21. The van der Waals surface area contributed by atoms with Crippen molar-refractivity contribution in [1.82, 2.24) is 4.90 Å². The molecule has 1 heterocycles. The summed E-state index contributed by atoms with van der Waals surface area (Å²) in [7, 11) is 0. The number of nitrogens with zero attached hydrogens (tertiary/aromatic N) is 1. The molecular formula is C21H23NO2. The number of ether oxygens (including phenoxy) is 1. The molecule has 24 heavy (non-hydrogen) atoms. The Labute approximate surface area is 143 Å². The molecule has 0 N–H and O–H groups in total. The van der Waals surface area contributed by atoms with Crippen LogP contribution in [0.3, 0.4) is 0 Å². The van der Waals surface area contributed by atoms with Crippen molar-refractivity contribution >= 4 is 11.7 Å². The van der Waals surface area contributed by atoms with E-state index < -0.39 is 0 Å². The fraction of sp³-hybridized carbons (Fsp3) is 0.286. The fourth-order valence-electron chi connectivity index (χ4n) is 2.97. The molecule has 0 spiro atoms. The summed E-state index contributed by atoms with van der Waals surface area (Å²) < 4.78 is 5.68. The highest BCUT2D eigenvalue weighted by atomic mass is 16.6. The zero-order valence-electron chi connectivity index (χ0n) is 14.0. The molecule has 1 aliphatic heterocycles. The SMILES string of the molecule is CCC/C=C(/c1ccccc1)C1CN(Cc2ccccc2)C(=O)O1. The van der Waals surface area contributed by atoms with Crippen LogP contribution < -0.4 is 0 Å². The summed E-state index contributed by atoms with van der Waals surface area (Å²) in [5.74, 6) is 0. The van der Waals surface area contributed by atoms with Gasteiger partial charge in [-0.2, -0.15) is 0 Å². The van der Waals surface area contributed by atoms with Crippen molar-refractivity contribution in [3.63, 3.8) is 0 Å². The van der Waals surface area contributed by atoms with Gasteiger partial charge in [-0.15, -0.1) is 0 Å². The van der Waals surface area contributed by atoms with Gasteiger partial charge in [0, 0.05) is 6.54 Å². The summed E-state index contributed by atoms with van der Waals surface area (Å²) in [6.45, 7) is 3.34. The van der Waals surface area contributed by atoms with E-state index in [2.05, 4.69) is 25.1 Å². The van der Waals surface area contributed by atoms with Gasteiger partial charge in [0.2, 0.25) is 0 Å². The predicted molar refractivity (Wildman–Crippen MR) is 96.4 cm³/mol. The molecule has 0 bridgehead atoms. The quantitative estimate of drug-likeness (QED) is 0.758. The predicted octanol–water partition coefficient (Wildman–Crippen LogP) is 4.89. The highest BCUT2D eigenvalue weighted by molar-refractivity contribution is 5.77. The Bertz CT molecular complexity index is 694. The van der Waals surface area contributed by atoms with E-state index in [1.807, 2.05) is 48.5 Å². The van der Waals surface area contributed by atoms with Gasteiger partial charge < -0.3 is 4.74 Å². The Kier molecular flexibility index (Phi) is 5.32. The lowest BCUT2D eigenvalue weighted by Crippen LogP contribution is -2.24. The molecule has 2 aromatic carbocycles. The molecule has 0 aliphatic carbocycles. The minimum absolute atomic E-state index is 0.199. The second-order valence-electron chi connectivity index (χ2n) is 6.05. The minimum Gasteiger partial charge on any atom is -0.439 e. The first-order chi connectivity index (χ1) is 11.8. The topological polar surface area (TPSA) is 29.5 Å². The third-order valence-electron chi connectivity index (χ3n) is 4.21. The van der Waals surface area contributed by atoms with Gasteiger partial charge in [0.25, 0.3) is 0 Å². The van der Waals surface area contributed by atoms with Gasteiger partial charge in [0.1, 0.15) is 6.10 Å². The van der Waals surface area contributed by atoms with Crippen LogP contribution in [0.1, 0.15) is 30.9 Å². The van der Waals surface area contributed by atoms with Crippen LogP contribution in [0.25, 0.3) is 5.57 Å². The number of carbonyl (C=O) groups is 1. The minimum atomic E-state index is -0.234. The van der Waals surface area contributed by atoms with E-state index in [4.69, 9.17) is 4.74 Å². The van der Waals surface area contributed by atoms with Crippen molar-refractivity contribution in [1.29, 1.82) is 0 Å². The lowest BCUT2D eigenvalue weighted by atomic mass is 9.98. The number of hydrogen-bond donors (Lipinski definition) is 0. The molecule has 1 amide bonds. The Morgan fingerprint density at radius 3 is 2.46 bits per heavy atom. The van der Waals surface area contributed by atoms with Crippen molar-refractivity contribution < 1.29 is 9.53 Å². The Morgan fingerprint density at radius 1 is 1.12 bits per heavy atom. The second kappa shape index (κ2) is 7.82. The van der Waals surface area contributed by atoms with Crippen LogP contribution in [0, 0.1) is 0 Å². The summed E-state index contributed by atoms with van der Waals surface area (Å²) in [5.41, 5.74) is 3.36. The number of hydrogen-bond acceptors (Lipinski definition) is 2. The number of allylic oxidation sites excluding steroid dienone is 1. The Morgan fingerprint density at radius 2 is 1.79 bits per heavy atom. The summed E-state index contributed by atoms with van der Waals surface area (Å²) in [6, 6.07) is 20.2. The van der Waals surface area contributed by atoms with E-state index >= 15 is 0 Å². The molecule has 3 rings (SSSR count). The number of rotatable bonds is 6. The van der Waals surface area contributed by atoms with E-state index in [1.54, 1.807) is 4.90 Å². The third kappa shape index (κ3) is 3.85. The first kappa shape index (κ1) is 16.3. The van der Waals surface area contributed by atoms with Gasteiger partial charge in [-0.05, 0) is 23.1 Å². The first-order valence-electron chi connectivity index (χ1n) is 8.53. The number of unbranched alkanes of at least 4 members (excludes halogenated alkanes) is 1. The maximum atomic E-state index is 12.3. The molecule has 3 heteroatoms. The number of cyclic esters (lactones) is 1. The normalized spacial score (nSPS) is 17.9. The van der Waals surface area contributed by atoms with Crippen molar-refractivity contribution in [2.45, 2.75) is 32.4 Å². The van der Waals surface area contributed by atoms with Gasteiger partial charge in [-0.1, -0.05) is 80.1 Å². The van der Waals surface area contributed by atoms with Gasteiger partial charge in [0.15, 0.2) is 0 Å². The molecule has 3 nitrogen and oxygen atoms in total. The van der Waals surface area contributed by atoms with Crippen LogP contribution in [0.2, 0.25) is 0 Å². The van der Waals surface area contributed by atoms with E-state index in [-0.39, 0.29) is 12.2 Å². The molecular weight excluding hydrogens is 298 g/mol. The van der Waals surface area contributed by atoms with Gasteiger partial charge in [-0.25, -0.2) is 4.79 Å². The van der Waals surface area contributed by atoms with Crippen molar-refractivity contribution in [2.24, 2.45) is 0 Å². The van der Waals surface area contributed by atoms with Crippen molar-refractivity contribution in [2.75, 3.05) is 6.54 Å². The van der Waals surface area contributed by atoms with Gasteiger partial charge >= 0.3 is 6.09 Å². The average molecular weight is 321 g/mol. The maximum absolute atomic E-state index is 12.3. The summed E-state index contributed by atoms with van der Waals surface area (Å²) >= 11 is 0. The lowest BCUT2D eigenvalue weighted by Gasteiger charge is -2.15. The largest absolute Gasteiger partial charge is 0.439 e. The van der Waals surface area contributed by atoms with Crippen LogP contribution in [-0.4, -0.2) is 23.6 Å². The molecule has 0 aromatic heterocycles. The molecule has 0 radical (unpaired) electrons. The van der Waals surface area contributed by atoms with Crippen molar-refractivity contribution in [3.05, 3.63) is 77.9 Å². The van der Waals surface area contributed by atoms with E-state index in [9.17, 15) is 4.79 Å². The smallest absolute Gasteiger partial charge is 0.410 e. The summed E-state index contributed by atoms with van der Waals surface area (Å²) in [4.78, 5) is 14.1. The van der Waals surface area contributed by atoms with Crippen LogP contribution in [0.5, 0.6) is 0 Å². The highest BCUT2D eigenvalue weighted by Gasteiger charge is 2.33. The summed E-state index contributed by atoms with van der Waals surface area (Å²) in [5, 5.41) is 0. The molecule has 2 aromatic rings. The Balaban J connectivity index is 1.77. The molecule has 1 saturated heterocycles. The van der Waals surface area contributed by atoms with Crippen LogP contribution in [0.4, 0.5) is 4.79 Å². The highest BCUT2D eigenvalue weighted by Crippen LogP contribution is 2.28. The van der Waals surface area contributed by atoms with Crippen molar-refractivity contribution in [3.8, 4) is 0 Å². The molecule has 1 atom stereocenters. The zero-order valence-corrected chi connectivity index (χ0v) is 14.0. The zero-order chi connectivity index (χ0) is 16.8. The number of amides is 1. The second-order valence-corrected chi connectivity index (χ2v) is 6.05. The molecule has 1 unspecified atom stereocenters. The number of carbonyl (C=O) groups excluding carboxylic acids is 1. The van der Waals surface area contributed by atoms with Crippen LogP contribution in [0.15, 0.2) is 66.7 Å². The Hall–Kier alpha value is -2.55. The van der Waals surface area contributed by atoms with E-state index in [0.717, 1.165) is 29.5 Å². The average Bonchev–Trinajstić information content (AvgIpc) is 2.97. The molecule has 0 saturated carbocycles. The first-order valence-corrected chi connectivity index (χ1v) is 8.53. The summed E-state index contributed by atoms with van der Waals surface area (Å²) in [6.07, 6.45) is 3.83. The standard InChI is InChI=1S/C21H23NO2/c1-2-3-14-19(18-12-8-5-9-13-18)20-16-22(21(23)24-20)15-17-10-6-4-7-11-17/h4-14,20H,2-3,15-16H2,1H3/b19-14-. The molecule has 1 fully saturated rings. The van der Waals surface area contributed by atoms with Gasteiger partial charge in [-0.3, -0.25) is 4.90 Å². The maximum Gasteiger partial charge on any atom is 0.410 e. The van der Waals surface area contributed by atoms with E-state index in [0.29, 0.717) is 13.1 Å². The lowest BCUT2D eigenvalue weighted by molar-refractivity contribution is 0.146. The van der Waals surface area contributed by atoms with Crippen LogP contribution >= 0.6 is 0 Å². The molecule has 1 aliphatic rings.